The molecule has 1 aromatic carbocycles. The minimum atomic E-state index is -0.377. The van der Waals surface area contributed by atoms with Crippen LogP contribution in [0, 0.1) is 0 Å². The molecule has 2 rings (SSSR count). The molecule has 17 heavy (non-hydrogen) atoms. The number of carbonyl (C=O) groups excluding carboxylic acids is 1. The number of rotatable bonds is 2. The highest BCUT2D eigenvalue weighted by molar-refractivity contribution is 9.10. The second-order valence-electron chi connectivity index (χ2n) is 3.34. The molecule has 0 spiro atoms. The van der Waals surface area contributed by atoms with E-state index in [4.69, 9.17) is 23.2 Å². The molecule has 0 aliphatic heterocycles. The predicted octanol–water partition coefficient (Wildman–Crippen LogP) is 4.02. The number of H-pyrrole nitrogens is 1. The number of halogens is 3. The van der Waals surface area contributed by atoms with Gasteiger partial charge in [-0.2, -0.15) is 0 Å². The molecule has 0 atom stereocenters. The zero-order valence-corrected chi connectivity index (χ0v) is 11.4. The van der Waals surface area contributed by atoms with Crippen LogP contribution in [0.2, 0.25) is 10.0 Å². The summed E-state index contributed by atoms with van der Waals surface area (Å²) >= 11 is 14.8. The molecule has 0 fully saturated rings. The van der Waals surface area contributed by atoms with Crippen LogP contribution in [0.5, 0.6) is 5.75 Å². The second-order valence-corrected chi connectivity index (χ2v) is 5.10. The smallest absolute Gasteiger partial charge is 0.213 e. The monoisotopic (exact) mass is 333 g/mol. The first kappa shape index (κ1) is 12.5. The van der Waals surface area contributed by atoms with Crippen LogP contribution in [-0.4, -0.2) is 15.9 Å². The first-order valence-corrected chi connectivity index (χ1v) is 6.10. The molecule has 0 radical (unpaired) electrons. The number of ketones is 1. The molecule has 0 bridgehead atoms. The Hall–Kier alpha value is -0.970. The number of benzene rings is 1. The van der Waals surface area contributed by atoms with Gasteiger partial charge in [-0.15, -0.1) is 0 Å². The molecular formula is C11H6BrCl2NO2. The van der Waals surface area contributed by atoms with Gasteiger partial charge < -0.3 is 10.1 Å². The summed E-state index contributed by atoms with van der Waals surface area (Å²) in [7, 11) is 0. The Kier molecular flexibility index (Phi) is 3.47. The van der Waals surface area contributed by atoms with Crippen molar-refractivity contribution in [1.29, 1.82) is 0 Å². The first-order chi connectivity index (χ1) is 7.99. The number of hydrogen-bond donors (Lipinski definition) is 2. The topological polar surface area (TPSA) is 53.1 Å². The maximum absolute atomic E-state index is 12.1. The van der Waals surface area contributed by atoms with E-state index in [1.54, 1.807) is 12.3 Å². The van der Waals surface area contributed by atoms with Gasteiger partial charge in [0.25, 0.3) is 0 Å². The summed E-state index contributed by atoms with van der Waals surface area (Å²) in [6.07, 6.45) is 1.62. The standard InChI is InChI=1S/C11H6BrCl2NO2/c12-5-1-9(15-4-5)11(17)7-2-6(13)3-8(14)10(7)16/h1-4,15-16H. The van der Waals surface area contributed by atoms with Crippen molar-refractivity contribution in [2.45, 2.75) is 0 Å². The van der Waals surface area contributed by atoms with E-state index in [-0.39, 0.29) is 22.1 Å². The molecule has 88 valence electrons. The Morgan fingerprint density at radius 2 is 2.00 bits per heavy atom. The average molecular weight is 335 g/mol. The lowest BCUT2D eigenvalue weighted by molar-refractivity contribution is 0.103. The van der Waals surface area contributed by atoms with Crippen LogP contribution < -0.4 is 0 Å². The minimum absolute atomic E-state index is 0.0477. The van der Waals surface area contributed by atoms with Gasteiger partial charge in [0, 0.05) is 15.7 Å². The van der Waals surface area contributed by atoms with E-state index in [9.17, 15) is 9.90 Å². The largest absolute Gasteiger partial charge is 0.506 e. The van der Waals surface area contributed by atoms with Crippen molar-refractivity contribution in [3.05, 3.63) is 50.2 Å². The number of carbonyl (C=O) groups is 1. The Bertz CT molecular complexity index is 595. The summed E-state index contributed by atoms with van der Waals surface area (Å²) in [4.78, 5) is 14.8. The first-order valence-electron chi connectivity index (χ1n) is 4.55. The summed E-state index contributed by atoms with van der Waals surface area (Å²) in [5, 5.41) is 10.1. The summed E-state index contributed by atoms with van der Waals surface area (Å²) < 4.78 is 0.744. The van der Waals surface area contributed by atoms with Crippen molar-refractivity contribution in [1.82, 2.24) is 4.98 Å². The highest BCUT2D eigenvalue weighted by atomic mass is 79.9. The van der Waals surface area contributed by atoms with Crippen molar-refractivity contribution in [2.24, 2.45) is 0 Å². The Labute approximate surface area is 115 Å². The highest BCUT2D eigenvalue weighted by Crippen LogP contribution is 2.32. The average Bonchev–Trinajstić information content (AvgIpc) is 2.69. The molecule has 0 unspecified atom stereocenters. The van der Waals surface area contributed by atoms with Gasteiger partial charge in [-0.3, -0.25) is 4.79 Å². The van der Waals surface area contributed by atoms with Crippen LogP contribution in [0.25, 0.3) is 0 Å². The van der Waals surface area contributed by atoms with Crippen molar-refractivity contribution < 1.29 is 9.90 Å². The quantitative estimate of drug-likeness (QED) is 0.815. The van der Waals surface area contributed by atoms with Gasteiger partial charge in [0.2, 0.25) is 5.78 Å². The molecule has 1 heterocycles. The van der Waals surface area contributed by atoms with E-state index in [1.165, 1.54) is 12.1 Å². The van der Waals surface area contributed by atoms with E-state index < -0.39 is 0 Å². The zero-order valence-electron chi connectivity index (χ0n) is 8.30. The number of aromatic amines is 1. The number of aromatic hydroxyl groups is 1. The predicted molar refractivity (Wildman–Crippen MR) is 70.1 cm³/mol. The van der Waals surface area contributed by atoms with E-state index in [1.807, 2.05) is 0 Å². The van der Waals surface area contributed by atoms with Crippen molar-refractivity contribution in [2.75, 3.05) is 0 Å². The molecular weight excluding hydrogens is 329 g/mol. The van der Waals surface area contributed by atoms with Crippen LogP contribution in [0.3, 0.4) is 0 Å². The fraction of sp³-hybridized carbons (Fsp3) is 0. The van der Waals surface area contributed by atoms with Gasteiger partial charge in [0.05, 0.1) is 16.3 Å². The highest BCUT2D eigenvalue weighted by Gasteiger charge is 2.18. The number of phenolic OH excluding ortho intramolecular Hbond substituents is 1. The molecule has 6 heteroatoms. The van der Waals surface area contributed by atoms with Crippen LogP contribution in [0.4, 0.5) is 0 Å². The number of phenols is 1. The van der Waals surface area contributed by atoms with Crippen LogP contribution in [-0.2, 0) is 0 Å². The normalized spacial score (nSPS) is 10.5. The van der Waals surface area contributed by atoms with E-state index >= 15 is 0 Å². The van der Waals surface area contributed by atoms with Gasteiger partial charge >= 0.3 is 0 Å². The third kappa shape index (κ3) is 2.49. The van der Waals surface area contributed by atoms with Gasteiger partial charge in [0.15, 0.2) is 0 Å². The molecule has 0 amide bonds. The maximum Gasteiger partial charge on any atom is 0.213 e. The van der Waals surface area contributed by atoms with Crippen LogP contribution in [0.15, 0.2) is 28.9 Å². The van der Waals surface area contributed by atoms with Gasteiger partial charge in [-0.1, -0.05) is 23.2 Å². The third-order valence-electron chi connectivity index (χ3n) is 2.17. The fourth-order valence-corrected chi connectivity index (χ4v) is 2.22. The Morgan fingerprint density at radius 1 is 1.29 bits per heavy atom. The SMILES string of the molecule is O=C(c1cc(Br)c[nH]1)c1cc(Cl)cc(Cl)c1O. The molecule has 0 aliphatic carbocycles. The fourth-order valence-electron chi connectivity index (χ4n) is 1.38. The van der Waals surface area contributed by atoms with Crippen molar-refractivity contribution >= 4 is 44.9 Å². The summed E-state index contributed by atoms with van der Waals surface area (Å²) in [5.41, 5.74) is 0.405. The van der Waals surface area contributed by atoms with Crippen molar-refractivity contribution in [3.8, 4) is 5.75 Å². The molecule has 2 aromatic rings. The zero-order chi connectivity index (χ0) is 12.6. The van der Waals surface area contributed by atoms with Crippen molar-refractivity contribution in [3.63, 3.8) is 0 Å². The number of aromatic nitrogens is 1. The van der Waals surface area contributed by atoms with E-state index in [2.05, 4.69) is 20.9 Å². The molecule has 0 saturated carbocycles. The lowest BCUT2D eigenvalue weighted by atomic mass is 10.1. The maximum atomic E-state index is 12.1. The summed E-state index contributed by atoms with van der Waals surface area (Å²) in [6, 6.07) is 4.36. The van der Waals surface area contributed by atoms with Crippen LogP contribution in [0.1, 0.15) is 16.1 Å². The molecule has 0 aliphatic rings. The van der Waals surface area contributed by atoms with Crippen LogP contribution >= 0.6 is 39.1 Å². The molecule has 3 nitrogen and oxygen atoms in total. The van der Waals surface area contributed by atoms with E-state index in [0.717, 1.165) is 4.47 Å². The van der Waals surface area contributed by atoms with Gasteiger partial charge in [-0.05, 0) is 34.1 Å². The number of hydrogen-bond acceptors (Lipinski definition) is 2. The summed E-state index contributed by atoms with van der Waals surface area (Å²) in [6.45, 7) is 0. The second kappa shape index (κ2) is 4.72. The molecule has 1 aromatic heterocycles. The Morgan fingerprint density at radius 3 is 2.59 bits per heavy atom. The summed E-state index contributed by atoms with van der Waals surface area (Å²) in [5.74, 6) is -0.649. The lowest BCUT2D eigenvalue weighted by Gasteiger charge is -2.05. The third-order valence-corrected chi connectivity index (χ3v) is 3.13. The van der Waals surface area contributed by atoms with Gasteiger partial charge in [-0.25, -0.2) is 0 Å². The van der Waals surface area contributed by atoms with Gasteiger partial charge in [0.1, 0.15) is 5.75 Å². The Balaban J connectivity index is 2.51. The molecule has 2 N–H and O–H groups in total. The van der Waals surface area contributed by atoms with E-state index in [0.29, 0.717) is 10.7 Å². The lowest BCUT2D eigenvalue weighted by Crippen LogP contribution is -2.02. The molecule has 0 saturated heterocycles. The minimum Gasteiger partial charge on any atom is -0.506 e. The number of nitrogens with one attached hydrogen (secondary N) is 1.